The van der Waals surface area contributed by atoms with Crippen molar-refractivity contribution >= 4 is 15.9 Å². The number of carbonyl (C=O) groups is 1. The SMILES string of the molecule is CC(C)(C)OC(=O)NC12CC(S(C)(=O)=O)(C1)C2. The molecule has 0 radical (unpaired) electrons. The molecule has 0 saturated heterocycles. The summed E-state index contributed by atoms with van der Waals surface area (Å²) in [5, 5.41) is 2.79. The average Bonchev–Trinajstić information content (AvgIpc) is 1.86. The minimum Gasteiger partial charge on any atom is -0.444 e. The van der Waals surface area contributed by atoms with Gasteiger partial charge in [-0.2, -0.15) is 0 Å². The van der Waals surface area contributed by atoms with Crippen LogP contribution in [0.3, 0.4) is 0 Å². The fraction of sp³-hybridized carbons (Fsp3) is 0.909. The Morgan fingerprint density at radius 2 is 1.71 bits per heavy atom. The summed E-state index contributed by atoms with van der Waals surface area (Å²) < 4.78 is 27.6. The van der Waals surface area contributed by atoms with Gasteiger partial charge in [-0.25, -0.2) is 13.2 Å². The molecule has 2 bridgehead atoms. The van der Waals surface area contributed by atoms with Gasteiger partial charge in [-0.1, -0.05) is 0 Å². The van der Waals surface area contributed by atoms with Crippen molar-refractivity contribution in [3.05, 3.63) is 0 Å². The van der Waals surface area contributed by atoms with Gasteiger partial charge in [0.2, 0.25) is 0 Å². The van der Waals surface area contributed by atoms with Gasteiger partial charge in [-0.3, -0.25) is 0 Å². The number of alkyl carbamates (subject to hydrolysis) is 1. The van der Waals surface area contributed by atoms with E-state index in [4.69, 9.17) is 4.74 Å². The normalized spacial score (nSPS) is 35.5. The minimum absolute atomic E-state index is 0.328. The van der Waals surface area contributed by atoms with Gasteiger partial charge in [-0.15, -0.1) is 0 Å². The molecule has 1 N–H and O–H groups in total. The predicted octanol–water partition coefficient (Wildman–Crippen LogP) is 1.23. The fourth-order valence-corrected chi connectivity index (χ4v) is 4.36. The first-order chi connectivity index (χ1) is 7.47. The van der Waals surface area contributed by atoms with Gasteiger partial charge in [0.15, 0.2) is 9.84 Å². The van der Waals surface area contributed by atoms with Gasteiger partial charge in [0, 0.05) is 11.8 Å². The zero-order chi connectivity index (χ0) is 13.1. The third-order valence-electron chi connectivity index (χ3n) is 3.53. The van der Waals surface area contributed by atoms with E-state index >= 15 is 0 Å². The molecule has 17 heavy (non-hydrogen) atoms. The number of nitrogens with one attached hydrogen (secondary N) is 1. The third-order valence-corrected chi connectivity index (χ3v) is 5.54. The van der Waals surface area contributed by atoms with Gasteiger partial charge in [-0.05, 0) is 40.0 Å². The largest absolute Gasteiger partial charge is 0.444 e. The molecule has 0 aromatic heterocycles. The van der Waals surface area contributed by atoms with Crippen molar-refractivity contribution in [3.63, 3.8) is 0 Å². The van der Waals surface area contributed by atoms with Crippen molar-refractivity contribution in [3.8, 4) is 0 Å². The molecule has 0 aromatic rings. The van der Waals surface area contributed by atoms with E-state index in [0.29, 0.717) is 19.3 Å². The van der Waals surface area contributed by atoms with Crippen molar-refractivity contribution in [2.45, 2.75) is 55.9 Å². The average molecular weight is 261 g/mol. The molecule has 0 aliphatic heterocycles. The lowest BCUT2D eigenvalue weighted by atomic mass is 9.49. The summed E-state index contributed by atoms with van der Waals surface area (Å²) in [6.45, 7) is 5.39. The molecule has 0 atom stereocenters. The van der Waals surface area contributed by atoms with Gasteiger partial charge < -0.3 is 10.1 Å². The number of hydrogen-bond donors (Lipinski definition) is 1. The molecule has 3 saturated carbocycles. The molecule has 5 nitrogen and oxygen atoms in total. The van der Waals surface area contributed by atoms with Crippen LogP contribution in [0, 0.1) is 0 Å². The van der Waals surface area contributed by atoms with Crippen LogP contribution in [0.15, 0.2) is 0 Å². The van der Waals surface area contributed by atoms with E-state index in [9.17, 15) is 13.2 Å². The van der Waals surface area contributed by atoms with Crippen LogP contribution in [0.4, 0.5) is 4.79 Å². The van der Waals surface area contributed by atoms with Crippen molar-refractivity contribution in [2.75, 3.05) is 6.26 Å². The Kier molecular flexibility index (Phi) is 2.35. The standard InChI is InChI=1S/C11H19NO4S/c1-9(2,3)16-8(13)12-10-5-11(6-10,7-10)17(4,14)15/h5-7H2,1-4H3,(H,12,13). The lowest BCUT2D eigenvalue weighted by Crippen LogP contribution is -2.81. The van der Waals surface area contributed by atoms with E-state index in [1.807, 2.05) is 0 Å². The Bertz CT molecular complexity index is 441. The maximum Gasteiger partial charge on any atom is 0.408 e. The Morgan fingerprint density at radius 1 is 1.24 bits per heavy atom. The Hall–Kier alpha value is -0.780. The third kappa shape index (κ3) is 2.03. The molecule has 1 amide bonds. The van der Waals surface area contributed by atoms with Gasteiger partial charge in [0.25, 0.3) is 0 Å². The van der Waals surface area contributed by atoms with E-state index < -0.39 is 26.3 Å². The van der Waals surface area contributed by atoms with E-state index in [1.165, 1.54) is 6.26 Å². The number of hydrogen-bond acceptors (Lipinski definition) is 4. The topological polar surface area (TPSA) is 72.5 Å². The number of sulfone groups is 1. The molecule has 0 aromatic carbocycles. The zero-order valence-corrected chi connectivity index (χ0v) is 11.5. The maximum atomic E-state index is 11.6. The number of carbonyl (C=O) groups excluding carboxylic acids is 1. The highest BCUT2D eigenvalue weighted by atomic mass is 32.2. The molecule has 3 aliphatic rings. The fourth-order valence-electron chi connectivity index (χ4n) is 2.74. The van der Waals surface area contributed by atoms with Crippen LogP contribution in [-0.2, 0) is 14.6 Å². The Labute approximate surface area is 102 Å². The highest BCUT2D eigenvalue weighted by molar-refractivity contribution is 7.92. The van der Waals surface area contributed by atoms with Gasteiger partial charge in [0.05, 0.1) is 4.75 Å². The van der Waals surface area contributed by atoms with Crippen LogP contribution >= 0.6 is 0 Å². The zero-order valence-electron chi connectivity index (χ0n) is 10.7. The minimum atomic E-state index is -3.00. The van der Waals surface area contributed by atoms with Crippen LogP contribution in [0.1, 0.15) is 40.0 Å². The second-order valence-corrected chi connectivity index (χ2v) is 8.80. The summed E-state index contributed by atoms with van der Waals surface area (Å²) in [4.78, 5) is 11.6. The quantitative estimate of drug-likeness (QED) is 0.811. The monoisotopic (exact) mass is 261 g/mol. The van der Waals surface area contributed by atoms with Crippen molar-refractivity contribution < 1.29 is 17.9 Å². The molecular weight excluding hydrogens is 242 g/mol. The van der Waals surface area contributed by atoms with E-state index in [0.717, 1.165) is 0 Å². The first-order valence-electron chi connectivity index (χ1n) is 5.68. The smallest absolute Gasteiger partial charge is 0.408 e. The van der Waals surface area contributed by atoms with Crippen LogP contribution in [-0.4, -0.2) is 36.7 Å². The van der Waals surface area contributed by atoms with E-state index in [2.05, 4.69) is 5.32 Å². The number of rotatable bonds is 2. The lowest BCUT2D eigenvalue weighted by Gasteiger charge is -2.68. The van der Waals surface area contributed by atoms with Crippen molar-refractivity contribution in [2.24, 2.45) is 0 Å². The summed E-state index contributed by atoms with van der Waals surface area (Å²) in [6, 6.07) is 0. The second-order valence-electron chi connectivity index (χ2n) is 6.39. The van der Waals surface area contributed by atoms with E-state index in [-0.39, 0.29) is 5.54 Å². The molecule has 98 valence electrons. The lowest BCUT2D eigenvalue weighted by molar-refractivity contribution is -0.0348. The Morgan fingerprint density at radius 3 is 2.06 bits per heavy atom. The maximum absolute atomic E-state index is 11.6. The number of amides is 1. The molecule has 0 spiro atoms. The van der Waals surface area contributed by atoms with Crippen molar-refractivity contribution in [1.82, 2.24) is 5.32 Å². The van der Waals surface area contributed by atoms with Crippen molar-refractivity contribution in [1.29, 1.82) is 0 Å². The number of ether oxygens (including phenoxy) is 1. The van der Waals surface area contributed by atoms with Crippen LogP contribution in [0.2, 0.25) is 0 Å². The second kappa shape index (κ2) is 3.16. The van der Waals surface area contributed by atoms with Crippen LogP contribution in [0.5, 0.6) is 0 Å². The summed E-state index contributed by atoms with van der Waals surface area (Å²) in [5.41, 5.74) is -0.854. The van der Waals surface area contributed by atoms with Gasteiger partial charge >= 0.3 is 6.09 Å². The molecule has 3 fully saturated rings. The summed E-state index contributed by atoms with van der Waals surface area (Å²) in [7, 11) is -3.00. The highest BCUT2D eigenvalue weighted by Crippen LogP contribution is 2.64. The first kappa shape index (κ1) is 12.7. The predicted molar refractivity (Wildman–Crippen MR) is 63.5 cm³/mol. The molecule has 6 heteroatoms. The summed E-state index contributed by atoms with van der Waals surface area (Å²) in [6.07, 6.45) is 2.39. The summed E-state index contributed by atoms with van der Waals surface area (Å²) >= 11 is 0. The molecule has 3 rings (SSSR count). The van der Waals surface area contributed by atoms with Crippen LogP contribution in [0.25, 0.3) is 0 Å². The summed E-state index contributed by atoms with van der Waals surface area (Å²) in [5.74, 6) is 0. The molecule has 0 unspecified atom stereocenters. The first-order valence-corrected chi connectivity index (χ1v) is 7.57. The molecule has 0 heterocycles. The highest BCUT2D eigenvalue weighted by Gasteiger charge is 2.73. The molecular formula is C11H19NO4S. The van der Waals surface area contributed by atoms with E-state index in [1.54, 1.807) is 20.8 Å². The van der Waals surface area contributed by atoms with Crippen LogP contribution < -0.4 is 5.32 Å². The van der Waals surface area contributed by atoms with Gasteiger partial charge in [0.1, 0.15) is 5.60 Å². The Balaban J connectivity index is 1.89. The molecule has 3 aliphatic carbocycles.